The summed E-state index contributed by atoms with van der Waals surface area (Å²) in [5, 5.41) is 7.76. The quantitative estimate of drug-likeness (QED) is 0.711. The Hall–Kier alpha value is -2.12. The molecule has 1 atom stereocenters. The number of nitrogens with zero attached hydrogens (tertiary/aromatic N) is 4. The Bertz CT molecular complexity index is 983. The van der Waals surface area contributed by atoms with Crippen molar-refractivity contribution in [2.45, 2.75) is 66.2 Å². The zero-order valence-electron chi connectivity index (χ0n) is 18.7. The highest BCUT2D eigenvalue weighted by atomic mass is 35.5. The number of carbonyl (C=O) groups is 1. The summed E-state index contributed by atoms with van der Waals surface area (Å²) in [6.07, 6.45) is 1.81. The molecule has 1 N–H and O–H groups in total. The monoisotopic (exact) mass is 447 g/mol. The van der Waals surface area contributed by atoms with Gasteiger partial charge in [-0.25, -0.2) is 9.18 Å². The predicted molar refractivity (Wildman–Crippen MR) is 121 cm³/mol. The second-order valence-electron chi connectivity index (χ2n) is 9.96. The molecule has 168 valence electrons. The average molecular weight is 448 g/mol. The van der Waals surface area contributed by atoms with Crippen LogP contribution in [0.15, 0.2) is 18.2 Å². The number of carbonyl (C=O) groups excluding carboxylic acids is 1. The highest BCUT2D eigenvalue weighted by Gasteiger charge is 2.33. The summed E-state index contributed by atoms with van der Waals surface area (Å²) in [6, 6.07) is 4.03. The van der Waals surface area contributed by atoms with Gasteiger partial charge in [-0.3, -0.25) is 9.58 Å². The van der Waals surface area contributed by atoms with Gasteiger partial charge < -0.3 is 10.2 Å². The molecule has 2 aliphatic heterocycles. The van der Waals surface area contributed by atoms with Crippen molar-refractivity contribution in [3.05, 3.63) is 46.0 Å². The van der Waals surface area contributed by atoms with Crippen LogP contribution in [0.5, 0.6) is 0 Å². The number of rotatable bonds is 2. The van der Waals surface area contributed by atoms with E-state index in [0.29, 0.717) is 12.2 Å². The zero-order chi connectivity index (χ0) is 22.3. The second kappa shape index (κ2) is 8.43. The van der Waals surface area contributed by atoms with E-state index in [2.05, 4.69) is 35.7 Å². The van der Waals surface area contributed by atoms with Gasteiger partial charge in [0.1, 0.15) is 5.82 Å². The normalized spacial score (nSPS) is 19.5. The molecule has 31 heavy (non-hydrogen) atoms. The van der Waals surface area contributed by atoms with Gasteiger partial charge in [-0.2, -0.15) is 5.10 Å². The maximum Gasteiger partial charge on any atom is 0.322 e. The van der Waals surface area contributed by atoms with Gasteiger partial charge >= 0.3 is 6.03 Å². The van der Waals surface area contributed by atoms with Gasteiger partial charge in [0.2, 0.25) is 0 Å². The van der Waals surface area contributed by atoms with Gasteiger partial charge in [-0.1, -0.05) is 32.4 Å². The molecule has 0 bridgehead atoms. The first kappa shape index (κ1) is 22.1. The number of halogens is 2. The Balaban J connectivity index is 1.54. The van der Waals surface area contributed by atoms with Crippen LogP contribution < -0.4 is 5.32 Å². The zero-order valence-corrected chi connectivity index (χ0v) is 19.5. The van der Waals surface area contributed by atoms with E-state index in [9.17, 15) is 9.18 Å². The fourth-order valence-corrected chi connectivity index (χ4v) is 4.78. The highest BCUT2D eigenvalue weighted by molar-refractivity contribution is 6.31. The summed E-state index contributed by atoms with van der Waals surface area (Å²) in [7, 11) is 0. The molecule has 1 aromatic carbocycles. The predicted octanol–water partition coefficient (Wildman–Crippen LogP) is 4.91. The standard InChI is InChI=1S/C23H31ClFN5O/c1-15-10-20-17(12-29(15)22(31)26-16-6-7-19(25)18(24)11-16)21-13-28(14-23(2,3)4)8-5-9-30(21)27-20/h6-7,11,15H,5,8-10,12-14H2,1-4H3,(H,26,31). The van der Waals surface area contributed by atoms with E-state index in [1.54, 1.807) is 0 Å². The number of aryl methyl sites for hydroxylation is 1. The lowest BCUT2D eigenvalue weighted by Crippen LogP contribution is -2.45. The third kappa shape index (κ3) is 4.88. The fraction of sp³-hybridized carbons (Fsp3) is 0.565. The van der Waals surface area contributed by atoms with Crippen molar-refractivity contribution in [3.63, 3.8) is 0 Å². The second-order valence-corrected chi connectivity index (χ2v) is 10.4. The number of aromatic nitrogens is 2. The first-order valence-corrected chi connectivity index (χ1v) is 11.3. The molecule has 2 aromatic rings. The van der Waals surface area contributed by atoms with Crippen LogP contribution in [0, 0.1) is 11.2 Å². The first-order chi connectivity index (χ1) is 14.6. The molecule has 4 rings (SSSR count). The summed E-state index contributed by atoms with van der Waals surface area (Å²) >= 11 is 5.86. The van der Waals surface area contributed by atoms with Gasteiger partial charge in [0.15, 0.2) is 0 Å². The van der Waals surface area contributed by atoms with Crippen molar-refractivity contribution in [1.82, 2.24) is 19.6 Å². The summed E-state index contributed by atoms with van der Waals surface area (Å²) in [4.78, 5) is 17.4. The van der Waals surface area contributed by atoms with Crippen molar-refractivity contribution >= 4 is 23.3 Å². The van der Waals surface area contributed by atoms with E-state index in [4.69, 9.17) is 16.7 Å². The van der Waals surface area contributed by atoms with E-state index in [-0.39, 0.29) is 22.5 Å². The van der Waals surface area contributed by atoms with E-state index < -0.39 is 5.82 Å². The van der Waals surface area contributed by atoms with Crippen molar-refractivity contribution in [2.75, 3.05) is 18.4 Å². The van der Waals surface area contributed by atoms with Crippen LogP contribution in [0.3, 0.4) is 0 Å². The number of nitrogens with one attached hydrogen (secondary N) is 1. The van der Waals surface area contributed by atoms with E-state index in [0.717, 1.165) is 44.7 Å². The van der Waals surface area contributed by atoms with E-state index in [1.807, 2.05) is 11.8 Å². The number of benzene rings is 1. The third-order valence-corrected chi connectivity index (χ3v) is 6.24. The number of hydrogen-bond donors (Lipinski definition) is 1. The minimum absolute atomic E-state index is 0.00678. The summed E-state index contributed by atoms with van der Waals surface area (Å²) in [5.74, 6) is -0.502. The minimum atomic E-state index is -0.502. The Kier molecular flexibility index (Phi) is 6.01. The molecular weight excluding hydrogens is 417 g/mol. The summed E-state index contributed by atoms with van der Waals surface area (Å²) in [5.41, 5.74) is 4.22. The van der Waals surface area contributed by atoms with Crippen LogP contribution in [0.25, 0.3) is 0 Å². The number of amides is 2. The van der Waals surface area contributed by atoms with E-state index in [1.165, 1.54) is 29.5 Å². The van der Waals surface area contributed by atoms with Crippen LogP contribution in [0.2, 0.25) is 5.02 Å². The molecular formula is C23H31ClFN5O. The lowest BCUT2D eigenvalue weighted by Gasteiger charge is -2.34. The molecule has 8 heteroatoms. The molecule has 6 nitrogen and oxygen atoms in total. The molecule has 1 unspecified atom stereocenters. The first-order valence-electron chi connectivity index (χ1n) is 10.9. The summed E-state index contributed by atoms with van der Waals surface area (Å²) in [6.45, 7) is 13.2. The molecule has 0 saturated carbocycles. The van der Waals surface area contributed by atoms with E-state index >= 15 is 0 Å². The molecule has 3 heterocycles. The number of urea groups is 1. The van der Waals surface area contributed by atoms with Crippen molar-refractivity contribution in [2.24, 2.45) is 5.41 Å². The third-order valence-electron chi connectivity index (χ3n) is 5.95. The summed E-state index contributed by atoms with van der Waals surface area (Å²) < 4.78 is 15.6. The molecule has 0 spiro atoms. The van der Waals surface area contributed by atoms with Gasteiger partial charge in [0.25, 0.3) is 0 Å². The number of hydrogen-bond acceptors (Lipinski definition) is 3. The lowest BCUT2D eigenvalue weighted by molar-refractivity contribution is 0.177. The van der Waals surface area contributed by atoms with Crippen LogP contribution in [0.4, 0.5) is 14.9 Å². The van der Waals surface area contributed by atoms with Crippen molar-refractivity contribution in [3.8, 4) is 0 Å². The van der Waals surface area contributed by atoms with Crippen molar-refractivity contribution in [1.29, 1.82) is 0 Å². The Morgan fingerprint density at radius 1 is 1.29 bits per heavy atom. The number of fused-ring (bicyclic) bond motifs is 3. The molecule has 0 saturated heterocycles. The topological polar surface area (TPSA) is 53.4 Å². The average Bonchev–Trinajstić information content (AvgIpc) is 2.86. The van der Waals surface area contributed by atoms with Gasteiger partial charge in [0, 0.05) is 49.9 Å². The molecule has 0 radical (unpaired) electrons. The SMILES string of the molecule is CC1Cc2nn3c(c2CN1C(=O)Nc1ccc(F)c(Cl)c1)CN(CC(C)(C)C)CCC3. The minimum Gasteiger partial charge on any atom is -0.317 e. The van der Waals surface area contributed by atoms with Crippen LogP contribution in [-0.2, 0) is 26.1 Å². The maximum atomic E-state index is 13.4. The molecule has 1 aromatic heterocycles. The smallest absolute Gasteiger partial charge is 0.317 e. The number of anilines is 1. The molecule has 2 aliphatic rings. The maximum absolute atomic E-state index is 13.4. The molecule has 0 fully saturated rings. The van der Waals surface area contributed by atoms with Crippen LogP contribution in [0.1, 0.15) is 51.1 Å². The van der Waals surface area contributed by atoms with Crippen molar-refractivity contribution < 1.29 is 9.18 Å². The molecule has 0 aliphatic carbocycles. The van der Waals surface area contributed by atoms with Gasteiger partial charge in [-0.05, 0) is 37.0 Å². The van der Waals surface area contributed by atoms with Gasteiger partial charge in [0.05, 0.1) is 23.0 Å². The molecule has 2 amide bonds. The Labute approximate surface area is 188 Å². The Morgan fingerprint density at radius 3 is 2.77 bits per heavy atom. The fourth-order valence-electron chi connectivity index (χ4n) is 4.60. The van der Waals surface area contributed by atoms with Crippen LogP contribution >= 0.6 is 11.6 Å². The Morgan fingerprint density at radius 2 is 2.06 bits per heavy atom. The largest absolute Gasteiger partial charge is 0.322 e. The van der Waals surface area contributed by atoms with Gasteiger partial charge in [-0.15, -0.1) is 0 Å². The lowest BCUT2D eigenvalue weighted by atomic mass is 9.95. The van der Waals surface area contributed by atoms with Crippen LogP contribution in [-0.4, -0.2) is 44.7 Å². The highest BCUT2D eigenvalue weighted by Crippen LogP contribution is 2.30.